The van der Waals surface area contributed by atoms with Crippen LogP contribution in [0.2, 0.25) is 0 Å². The second kappa shape index (κ2) is 6.05. The van der Waals surface area contributed by atoms with Crippen molar-refractivity contribution in [3.63, 3.8) is 0 Å². The van der Waals surface area contributed by atoms with Crippen molar-refractivity contribution < 1.29 is 4.79 Å². The minimum atomic E-state index is 0.120. The molecule has 0 spiro atoms. The van der Waals surface area contributed by atoms with Crippen molar-refractivity contribution in [2.45, 2.75) is 6.92 Å². The molecule has 2 aromatic carbocycles. The third-order valence-corrected chi connectivity index (χ3v) is 4.98. The summed E-state index contributed by atoms with van der Waals surface area (Å²) in [4.78, 5) is 13.3. The van der Waals surface area contributed by atoms with E-state index in [9.17, 15) is 4.79 Å². The average Bonchev–Trinajstić information content (AvgIpc) is 2.40. The van der Waals surface area contributed by atoms with Gasteiger partial charge in [-0.1, -0.05) is 0 Å². The van der Waals surface area contributed by atoms with E-state index in [1.807, 2.05) is 26.2 Å². The number of hydrogen-bond acceptors (Lipinski definition) is 2. The van der Waals surface area contributed by atoms with E-state index in [4.69, 9.17) is 0 Å². The number of rotatable bonds is 4. The van der Waals surface area contributed by atoms with E-state index in [-0.39, 0.29) is 5.78 Å². The molecule has 0 atom stereocenters. The summed E-state index contributed by atoms with van der Waals surface area (Å²) in [5.41, 5.74) is 1.99. The van der Waals surface area contributed by atoms with Gasteiger partial charge in [0.25, 0.3) is 0 Å². The number of benzene rings is 2. The van der Waals surface area contributed by atoms with Crippen LogP contribution in [0.4, 0.5) is 5.69 Å². The number of carbonyl (C=O) groups excluding carboxylic acids is 1. The predicted molar refractivity (Wildman–Crippen MR) is 82.2 cm³/mol. The fraction of sp³-hybridized carbons (Fsp3) is 0.188. The first-order valence-electron chi connectivity index (χ1n) is 6.12. The fourth-order valence-corrected chi connectivity index (χ4v) is 3.42. The summed E-state index contributed by atoms with van der Waals surface area (Å²) >= 11 is 0.292. The van der Waals surface area contributed by atoms with Crippen LogP contribution >= 0.6 is 0 Å². The van der Waals surface area contributed by atoms with Crippen LogP contribution in [0.15, 0.2) is 48.5 Å². The summed E-state index contributed by atoms with van der Waals surface area (Å²) in [5, 5.41) is 0. The molecule has 0 aliphatic heterocycles. The van der Waals surface area contributed by atoms with Crippen molar-refractivity contribution in [2.75, 3.05) is 19.0 Å². The van der Waals surface area contributed by atoms with E-state index in [1.165, 1.54) is 14.6 Å². The molecule has 2 nitrogen and oxygen atoms in total. The maximum atomic E-state index is 11.2. The molecule has 0 amide bonds. The van der Waals surface area contributed by atoms with Gasteiger partial charge in [-0.25, -0.2) is 0 Å². The van der Waals surface area contributed by atoms with Gasteiger partial charge in [0.05, 0.1) is 0 Å². The molecule has 2 rings (SSSR count). The molecule has 0 aliphatic carbocycles. The molecule has 0 bridgehead atoms. The number of carbonyl (C=O) groups is 1. The second-order valence-corrected chi connectivity index (χ2v) is 6.98. The van der Waals surface area contributed by atoms with Crippen LogP contribution in [0.1, 0.15) is 17.3 Å². The van der Waals surface area contributed by atoms with Crippen molar-refractivity contribution in [2.24, 2.45) is 0 Å². The van der Waals surface area contributed by atoms with Crippen LogP contribution in [0, 0.1) is 0 Å². The summed E-state index contributed by atoms with van der Waals surface area (Å²) in [6.07, 6.45) is 0. The van der Waals surface area contributed by atoms with Gasteiger partial charge in [0.1, 0.15) is 0 Å². The minimum absolute atomic E-state index is 0.120. The standard InChI is InChI=1S/C16H17NOSe/c1-12(18)13-4-8-15(9-5-13)19-16-10-6-14(7-11-16)17(2)3/h4-11H,1-3H3. The molecule has 2 aromatic rings. The Hall–Kier alpha value is -1.57. The van der Waals surface area contributed by atoms with Crippen molar-refractivity contribution in [1.82, 2.24) is 0 Å². The second-order valence-electron chi connectivity index (χ2n) is 4.57. The molecule has 19 heavy (non-hydrogen) atoms. The molecule has 0 unspecified atom stereocenters. The van der Waals surface area contributed by atoms with Crippen molar-refractivity contribution in [3.05, 3.63) is 54.1 Å². The molecule has 0 heterocycles. The van der Waals surface area contributed by atoms with Crippen molar-refractivity contribution >= 4 is 35.4 Å². The van der Waals surface area contributed by atoms with Crippen LogP contribution in [-0.4, -0.2) is 34.8 Å². The van der Waals surface area contributed by atoms with Crippen molar-refractivity contribution in [3.8, 4) is 0 Å². The van der Waals surface area contributed by atoms with Gasteiger partial charge in [-0.15, -0.1) is 0 Å². The Kier molecular flexibility index (Phi) is 4.41. The molecular formula is C16H17NOSe. The van der Waals surface area contributed by atoms with Crippen LogP contribution in [0.3, 0.4) is 0 Å². The molecular weight excluding hydrogens is 301 g/mol. The molecule has 0 aliphatic rings. The summed E-state index contributed by atoms with van der Waals surface area (Å²) in [6.45, 7) is 1.60. The maximum absolute atomic E-state index is 11.2. The van der Waals surface area contributed by atoms with E-state index < -0.39 is 0 Å². The quantitative estimate of drug-likeness (QED) is 0.631. The van der Waals surface area contributed by atoms with Gasteiger partial charge in [-0.2, -0.15) is 0 Å². The van der Waals surface area contributed by atoms with Gasteiger partial charge in [-0.3, -0.25) is 0 Å². The normalized spacial score (nSPS) is 10.3. The Balaban J connectivity index is 2.10. The SMILES string of the molecule is CC(=O)c1ccc([Se]c2ccc(N(C)C)cc2)cc1. The molecule has 0 N–H and O–H groups in total. The third-order valence-electron chi connectivity index (χ3n) is 2.85. The molecule has 0 radical (unpaired) electrons. The summed E-state index contributed by atoms with van der Waals surface area (Å²) in [5.74, 6) is 0.120. The van der Waals surface area contributed by atoms with Gasteiger partial charge >= 0.3 is 120 Å². The van der Waals surface area contributed by atoms with Gasteiger partial charge in [0, 0.05) is 0 Å². The number of ketones is 1. The van der Waals surface area contributed by atoms with Crippen molar-refractivity contribution in [1.29, 1.82) is 0 Å². The summed E-state index contributed by atoms with van der Waals surface area (Å²) < 4.78 is 2.63. The van der Waals surface area contributed by atoms with Gasteiger partial charge in [-0.05, 0) is 0 Å². The fourth-order valence-electron chi connectivity index (χ4n) is 1.71. The summed E-state index contributed by atoms with van der Waals surface area (Å²) in [6, 6.07) is 16.6. The summed E-state index contributed by atoms with van der Waals surface area (Å²) in [7, 11) is 4.08. The van der Waals surface area contributed by atoms with Crippen LogP contribution in [0.25, 0.3) is 0 Å². The van der Waals surface area contributed by atoms with Gasteiger partial charge in [0.2, 0.25) is 0 Å². The predicted octanol–water partition coefficient (Wildman–Crippen LogP) is 1.61. The van der Waals surface area contributed by atoms with E-state index in [2.05, 4.69) is 41.3 Å². The number of Topliss-reactive ketones (excluding diaryl/α,β-unsaturated/α-hetero) is 1. The van der Waals surface area contributed by atoms with E-state index in [0.29, 0.717) is 15.0 Å². The molecule has 3 heteroatoms. The first kappa shape index (κ1) is 13.9. The monoisotopic (exact) mass is 319 g/mol. The Morgan fingerprint density at radius 3 is 1.79 bits per heavy atom. The first-order chi connectivity index (χ1) is 9.06. The molecule has 0 aromatic heterocycles. The van der Waals surface area contributed by atoms with Crippen LogP contribution in [0.5, 0.6) is 0 Å². The topological polar surface area (TPSA) is 20.3 Å². The number of nitrogens with zero attached hydrogens (tertiary/aromatic N) is 1. The van der Waals surface area contributed by atoms with Gasteiger partial charge < -0.3 is 0 Å². The molecule has 0 saturated heterocycles. The van der Waals surface area contributed by atoms with Gasteiger partial charge in [0.15, 0.2) is 0 Å². The third kappa shape index (κ3) is 3.69. The van der Waals surface area contributed by atoms with Crippen LogP contribution in [-0.2, 0) is 0 Å². The average molecular weight is 318 g/mol. The zero-order valence-corrected chi connectivity index (χ0v) is 13.1. The molecule has 0 saturated carbocycles. The van der Waals surface area contributed by atoms with E-state index in [1.54, 1.807) is 6.92 Å². The van der Waals surface area contributed by atoms with E-state index in [0.717, 1.165) is 5.56 Å². The Bertz CT molecular complexity index is 558. The van der Waals surface area contributed by atoms with Crippen LogP contribution < -0.4 is 13.8 Å². The Labute approximate surface area is 120 Å². The molecule has 98 valence electrons. The zero-order valence-electron chi connectivity index (χ0n) is 11.4. The number of hydrogen-bond donors (Lipinski definition) is 0. The number of anilines is 1. The van der Waals surface area contributed by atoms with E-state index >= 15 is 0 Å². The first-order valence-corrected chi connectivity index (χ1v) is 7.84. The Morgan fingerprint density at radius 2 is 1.37 bits per heavy atom. The zero-order chi connectivity index (χ0) is 13.8. The molecule has 0 fully saturated rings. The Morgan fingerprint density at radius 1 is 0.895 bits per heavy atom.